The van der Waals surface area contributed by atoms with Crippen LogP contribution in [0.2, 0.25) is 5.02 Å². The van der Waals surface area contributed by atoms with Crippen molar-refractivity contribution in [2.24, 2.45) is 0 Å². The highest BCUT2D eigenvalue weighted by Crippen LogP contribution is 2.30. The van der Waals surface area contributed by atoms with Gasteiger partial charge in [-0.05, 0) is 56.0 Å². The van der Waals surface area contributed by atoms with E-state index in [-0.39, 0.29) is 11.4 Å². The molecule has 1 unspecified atom stereocenters. The van der Waals surface area contributed by atoms with Crippen LogP contribution in [0.4, 0.5) is 4.39 Å². The second kappa shape index (κ2) is 5.36. The zero-order chi connectivity index (χ0) is 12.3. The maximum atomic E-state index is 13.7. The lowest BCUT2D eigenvalue weighted by Gasteiger charge is -2.29. The molecule has 1 heterocycles. The summed E-state index contributed by atoms with van der Waals surface area (Å²) in [5.41, 5.74) is 0.820. The first-order valence-electron chi connectivity index (χ1n) is 6.34. The highest BCUT2D eigenvalue weighted by molar-refractivity contribution is 6.30. The normalized spacial score (nSPS) is 24.2. The second-order valence-electron chi connectivity index (χ2n) is 4.97. The zero-order valence-corrected chi connectivity index (χ0v) is 11.0. The second-order valence-corrected chi connectivity index (χ2v) is 5.41. The van der Waals surface area contributed by atoms with Crippen LogP contribution >= 0.6 is 11.6 Å². The summed E-state index contributed by atoms with van der Waals surface area (Å²) in [7, 11) is 0. The van der Waals surface area contributed by atoms with E-state index in [9.17, 15) is 4.39 Å². The van der Waals surface area contributed by atoms with Gasteiger partial charge >= 0.3 is 0 Å². The van der Waals surface area contributed by atoms with Crippen LogP contribution in [0.3, 0.4) is 0 Å². The first-order valence-corrected chi connectivity index (χ1v) is 6.72. The van der Waals surface area contributed by atoms with E-state index in [2.05, 4.69) is 12.2 Å². The Morgan fingerprint density at radius 2 is 2.29 bits per heavy atom. The summed E-state index contributed by atoms with van der Waals surface area (Å²) in [5.74, 6) is -0.140. The van der Waals surface area contributed by atoms with Crippen molar-refractivity contribution in [2.75, 3.05) is 6.54 Å². The fourth-order valence-electron chi connectivity index (χ4n) is 2.84. The highest BCUT2D eigenvalue weighted by atomic mass is 35.5. The minimum Gasteiger partial charge on any atom is -0.311 e. The van der Waals surface area contributed by atoms with E-state index >= 15 is 0 Å². The van der Waals surface area contributed by atoms with Crippen LogP contribution in [0.5, 0.6) is 0 Å². The van der Waals surface area contributed by atoms with Crippen molar-refractivity contribution in [3.8, 4) is 0 Å². The van der Waals surface area contributed by atoms with Gasteiger partial charge in [-0.25, -0.2) is 4.39 Å². The summed E-state index contributed by atoms with van der Waals surface area (Å²) >= 11 is 5.94. The molecule has 0 radical (unpaired) electrons. The molecule has 0 spiro atoms. The maximum Gasteiger partial charge on any atom is 0.126 e. The lowest BCUT2D eigenvalue weighted by molar-refractivity contribution is 0.337. The fraction of sp³-hybridized carbons (Fsp3) is 0.571. The van der Waals surface area contributed by atoms with Crippen molar-refractivity contribution >= 4 is 11.6 Å². The quantitative estimate of drug-likeness (QED) is 0.859. The molecule has 1 aliphatic rings. The largest absolute Gasteiger partial charge is 0.311 e. The Morgan fingerprint density at radius 3 is 2.94 bits per heavy atom. The van der Waals surface area contributed by atoms with Gasteiger partial charge in [0.1, 0.15) is 5.82 Å². The molecule has 1 fully saturated rings. The summed E-state index contributed by atoms with van der Waals surface area (Å²) in [6.07, 6.45) is 5.27. The van der Waals surface area contributed by atoms with E-state index < -0.39 is 0 Å². The van der Waals surface area contributed by atoms with Gasteiger partial charge in [-0.3, -0.25) is 0 Å². The van der Waals surface area contributed by atoms with Gasteiger partial charge in [-0.2, -0.15) is 0 Å². The van der Waals surface area contributed by atoms with Gasteiger partial charge in [-0.1, -0.05) is 24.9 Å². The van der Waals surface area contributed by atoms with Crippen molar-refractivity contribution < 1.29 is 4.39 Å². The SMILES string of the molecule is CCCC1(Cc2cc(Cl)ccc2F)CCCN1. The highest BCUT2D eigenvalue weighted by Gasteiger charge is 2.33. The third-order valence-electron chi connectivity index (χ3n) is 3.60. The zero-order valence-electron chi connectivity index (χ0n) is 10.2. The molecule has 3 heteroatoms. The molecule has 1 saturated heterocycles. The average molecular weight is 256 g/mol. The third kappa shape index (κ3) is 2.99. The molecule has 0 bridgehead atoms. The van der Waals surface area contributed by atoms with Crippen LogP contribution in [-0.2, 0) is 6.42 Å². The van der Waals surface area contributed by atoms with E-state index in [0.717, 1.165) is 37.8 Å². The van der Waals surface area contributed by atoms with Gasteiger partial charge in [0, 0.05) is 10.6 Å². The van der Waals surface area contributed by atoms with Gasteiger partial charge < -0.3 is 5.32 Å². The van der Waals surface area contributed by atoms with E-state index in [1.165, 1.54) is 12.5 Å². The van der Waals surface area contributed by atoms with Crippen molar-refractivity contribution in [3.63, 3.8) is 0 Å². The summed E-state index contributed by atoms with van der Waals surface area (Å²) in [4.78, 5) is 0. The third-order valence-corrected chi connectivity index (χ3v) is 3.83. The molecular weight excluding hydrogens is 237 g/mol. The minimum absolute atomic E-state index is 0.0836. The van der Waals surface area contributed by atoms with Crippen molar-refractivity contribution in [2.45, 2.75) is 44.6 Å². The Kier molecular flexibility index (Phi) is 4.05. The van der Waals surface area contributed by atoms with Crippen molar-refractivity contribution in [3.05, 3.63) is 34.6 Å². The number of benzene rings is 1. The van der Waals surface area contributed by atoms with Crippen LogP contribution in [0.15, 0.2) is 18.2 Å². The number of nitrogens with one attached hydrogen (secondary N) is 1. The topological polar surface area (TPSA) is 12.0 Å². The predicted octanol–water partition coefficient (Wildman–Crippen LogP) is 3.94. The van der Waals surface area contributed by atoms with Crippen molar-refractivity contribution in [1.29, 1.82) is 0 Å². The Morgan fingerprint density at radius 1 is 1.47 bits per heavy atom. The molecule has 1 nitrogen and oxygen atoms in total. The molecule has 17 heavy (non-hydrogen) atoms. The van der Waals surface area contributed by atoms with E-state index in [0.29, 0.717) is 5.02 Å². The molecule has 1 aliphatic heterocycles. The summed E-state index contributed by atoms with van der Waals surface area (Å²) in [6, 6.07) is 4.83. The Hall–Kier alpha value is -0.600. The van der Waals surface area contributed by atoms with Crippen molar-refractivity contribution in [1.82, 2.24) is 5.32 Å². The molecule has 0 saturated carbocycles. The number of hydrogen-bond donors (Lipinski definition) is 1. The van der Waals surface area contributed by atoms with Gasteiger partial charge in [0.15, 0.2) is 0 Å². The molecule has 0 aliphatic carbocycles. The monoisotopic (exact) mass is 255 g/mol. The van der Waals surface area contributed by atoms with Crippen LogP contribution in [0, 0.1) is 5.82 Å². The number of halogens is 2. The smallest absolute Gasteiger partial charge is 0.126 e. The number of hydrogen-bond acceptors (Lipinski definition) is 1. The van der Waals surface area contributed by atoms with E-state index in [4.69, 9.17) is 11.6 Å². The molecule has 0 aromatic heterocycles. The van der Waals surface area contributed by atoms with E-state index in [1.54, 1.807) is 12.1 Å². The summed E-state index contributed by atoms with van der Waals surface area (Å²) < 4.78 is 13.7. The van der Waals surface area contributed by atoms with E-state index in [1.807, 2.05) is 0 Å². The molecule has 2 rings (SSSR count). The van der Waals surface area contributed by atoms with Crippen LogP contribution < -0.4 is 5.32 Å². The average Bonchev–Trinajstić information content (AvgIpc) is 2.73. The van der Waals surface area contributed by atoms with Gasteiger partial charge in [0.05, 0.1) is 0 Å². The molecule has 1 atom stereocenters. The van der Waals surface area contributed by atoms with Crippen LogP contribution in [0.25, 0.3) is 0 Å². The molecule has 1 N–H and O–H groups in total. The number of rotatable bonds is 4. The minimum atomic E-state index is -0.140. The maximum absolute atomic E-state index is 13.7. The van der Waals surface area contributed by atoms with Gasteiger partial charge in [0.25, 0.3) is 0 Å². The van der Waals surface area contributed by atoms with Gasteiger partial charge in [0.2, 0.25) is 0 Å². The van der Waals surface area contributed by atoms with Crippen LogP contribution in [0.1, 0.15) is 38.2 Å². The Labute approximate surface area is 107 Å². The fourth-order valence-corrected chi connectivity index (χ4v) is 3.04. The molecule has 1 aromatic rings. The summed E-state index contributed by atoms with van der Waals surface area (Å²) in [5, 5.41) is 4.17. The lowest BCUT2D eigenvalue weighted by atomic mass is 9.85. The molecule has 0 amide bonds. The Balaban J connectivity index is 2.19. The predicted molar refractivity (Wildman–Crippen MR) is 70.0 cm³/mol. The lowest BCUT2D eigenvalue weighted by Crippen LogP contribution is -2.41. The molecular formula is C14H19ClFN. The standard InChI is InChI=1S/C14H19ClFN/c1-2-6-14(7-3-8-17-14)10-11-9-12(15)4-5-13(11)16/h4-5,9,17H,2-3,6-8,10H2,1H3. The molecule has 1 aromatic carbocycles. The van der Waals surface area contributed by atoms with Gasteiger partial charge in [-0.15, -0.1) is 0 Å². The molecule has 94 valence electrons. The van der Waals surface area contributed by atoms with Crippen LogP contribution in [-0.4, -0.2) is 12.1 Å². The first kappa shape index (κ1) is 12.8. The summed E-state index contributed by atoms with van der Waals surface area (Å²) in [6.45, 7) is 3.22. The first-order chi connectivity index (χ1) is 8.15. The Bertz CT molecular complexity index is 386.